The first-order chi connectivity index (χ1) is 25.3. The van der Waals surface area contributed by atoms with Crippen LogP contribution in [0.15, 0.2) is 176 Å². The lowest BCUT2D eigenvalue weighted by Gasteiger charge is -2.16. The number of rotatable bonds is 5. The zero-order chi connectivity index (χ0) is 33.7. The number of hydrogen-bond acceptors (Lipinski definition) is 4. The molecular formula is C46H29N5. The van der Waals surface area contributed by atoms with Gasteiger partial charge in [0.25, 0.3) is 0 Å². The lowest BCUT2D eigenvalue weighted by molar-refractivity contribution is 1.07. The highest BCUT2D eigenvalue weighted by molar-refractivity contribution is 6.17. The molecule has 0 amide bonds. The fourth-order valence-electron chi connectivity index (χ4n) is 7.45. The summed E-state index contributed by atoms with van der Waals surface area (Å²) >= 11 is 0. The maximum absolute atomic E-state index is 5.05. The number of aromatic nitrogens is 5. The number of pyridine rings is 1. The smallest absolute Gasteiger partial charge is 0.164 e. The molecule has 0 saturated heterocycles. The molecule has 9 aromatic rings. The second-order valence-electron chi connectivity index (χ2n) is 12.7. The molecule has 0 fully saturated rings. The quantitative estimate of drug-likeness (QED) is 0.186. The molecule has 0 spiro atoms. The first-order valence-corrected chi connectivity index (χ1v) is 17.1. The van der Waals surface area contributed by atoms with Crippen LogP contribution in [-0.4, -0.2) is 24.5 Å². The minimum absolute atomic E-state index is 0.613. The van der Waals surface area contributed by atoms with E-state index in [2.05, 4.69) is 108 Å². The van der Waals surface area contributed by atoms with Crippen LogP contribution in [0.3, 0.4) is 0 Å². The number of benzene rings is 6. The molecule has 1 aliphatic carbocycles. The molecule has 5 heteroatoms. The maximum atomic E-state index is 5.05. The topological polar surface area (TPSA) is 56.5 Å². The highest BCUT2D eigenvalue weighted by Crippen LogP contribution is 2.52. The Hall–Kier alpha value is -6.98. The highest BCUT2D eigenvalue weighted by atomic mass is 15.0. The summed E-state index contributed by atoms with van der Waals surface area (Å²) in [6.45, 7) is 0. The predicted octanol–water partition coefficient (Wildman–Crippen LogP) is 11.2. The van der Waals surface area contributed by atoms with Crippen molar-refractivity contribution in [3.63, 3.8) is 0 Å². The van der Waals surface area contributed by atoms with Crippen LogP contribution in [0.4, 0.5) is 0 Å². The fraction of sp³-hybridized carbons (Fsp3) is 0. The van der Waals surface area contributed by atoms with Crippen molar-refractivity contribution in [2.45, 2.75) is 0 Å². The van der Waals surface area contributed by atoms with E-state index in [1.807, 2.05) is 72.9 Å². The molecule has 1 aliphatic rings. The maximum Gasteiger partial charge on any atom is 0.164 e. The molecule has 0 radical (unpaired) electrons. The van der Waals surface area contributed by atoms with Crippen molar-refractivity contribution in [1.29, 1.82) is 0 Å². The molecule has 238 valence electrons. The van der Waals surface area contributed by atoms with E-state index in [4.69, 9.17) is 19.9 Å². The standard InChI is InChI=1S/C46H29N5/c1-3-15-30(16-4-1)44-48-45(31-17-5-2-6-18-31)50-46(49-44)32-19-13-20-33(29-32)51-40-27-14-25-37-35-22-8-7-21-34(35)36-23-9-10-24-38(36)42(41(37)40)43(51)39-26-11-12-28-47-39/h1-29H. The summed E-state index contributed by atoms with van der Waals surface area (Å²) in [6, 6.07) is 59.0. The van der Waals surface area contributed by atoms with E-state index in [-0.39, 0.29) is 0 Å². The van der Waals surface area contributed by atoms with Crippen molar-refractivity contribution in [1.82, 2.24) is 24.5 Å². The molecule has 0 unspecified atom stereocenters. The van der Waals surface area contributed by atoms with Crippen molar-refractivity contribution in [2.24, 2.45) is 0 Å². The number of nitrogens with zero attached hydrogens (tertiary/aromatic N) is 5. The Balaban J connectivity index is 1.26. The normalized spacial score (nSPS) is 11.5. The number of hydrogen-bond donors (Lipinski definition) is 0. The average Bonchev–Trinajstić information content (AvgIpc) is 3.51. The van der Waals surface area contributed by atoms with Gasteiger partial charge in [0.05, 0.1) is 16.9 Å². The van der Waals surface area contributed by atoms with Crippen LogP contribution in [0.2, 0.25) is 0 Å². The Morgan fingerprint density at radius 3 is 1.55 bits per heavy atom. The second-order valence-corrected chi connectivity index (χ2v) is 12.7. The van der Waals surface area contributed by atoms with E-state index in [0.717, 1.165) is 39.3 Å². The third-order valence-corrected chi connectivity index (χ3v) is 9.67. The van der Waals surface area contributed by atoms with E-state index >= 15 is 0 Å². The van der Waals surface area contributed by atoms with Crippen molar-refractivity contribution >= 4 is 10.9 Å². The second kappa shape index (κ2) is 11.9. The monoisotopic (exact) mass is 651 g/mol. The van der Waals surface area contributed by atoms with Crippen LogP contribution >= 0.6 is 0 Å². The van der Waals surface area contributed by atoms with Crippen LogP contribution in [0.25, 0.3) is 95.5 Å². The van der Waals surface area contributed by atoms with E-state index in [1.54, 1.807) is 0 Å². The predicted molar refractivity (Wildman–Crippen MR) is 206 cm³/mol. The van der Waals surface area contributed by atoms with E-state index < -0.39 is 0 Å². The van der Waals surface area contributed by atoms with Crippen LogP contribution in [-0.2, 0) is 0 Å². The highest BCUT2D eigenvalue weighted by Gasteiger charge is 2.29. The lowest BCUT2D eigenvalue weighted by Crippen LogP contribution is -2.02. The Labute approximate surface area is 295 Å². The summed E-state index contributed by atoms with van der Waals surface area (Å²) in [6.07, 6.45) is 1.87. The average molecular weight is 652 g/mol. The van der Waals surface area contributed by atoms with Crippen LogP contribution in [0, 0.1) is 0 Å². The van der Waals surface area contributed by atoms with Gasteiger partial charge in [-0.3, -0.25) is 4.98 Å². The van der Waals surface area contributed by atoms with Gasteiger partial charge in [-0.05, 0) is 58.1 Å². The molecule has 6 aromatic carbocycles. The summed E-state index contributed by atoms with van der Waals surface area (Å²) in [5.41, 5.74) is 14.1. The molecule has 51 heavy (non-hydrogen) atoms. The van der Waals surface area contributed by atoms with Gasteiger partial charge in [-0.25, -0.2) is 15.0 Å². The third-order valence-electron chi connectivity index (χ3n) is 9.67. The zero-order valence-electron chi connectivity index (χ0n) is 27.5. The van der Waals surface area contributed by atoms with Gasteiger partial charge in [0, 0.05) is 39.5 Å². The molecule has 3 aromatic heterocycles. The van der Waals surface area contributed by atoms with Gasteiger partial charge in [-0.15, -0.1) is 0 Å². The third kappa shape index (κ3) is 4.78. The Bertz CT molecular complexity index is 2680. The minimum Gasteiger partial charge on any atom is -0.307 e. The van der Waals surface area contributed by atoms with E-state index in [0.29, 0.717) is 17.5 Å². The van der Waals surface area contributed by atoms with E-state index in [1.165, 1.54) is 38.8 Å². The van der Waals surface area contributed by atoms with Gasteiger partial charge in [0.1, 0.15) is 0 Å². The lowest BCUT2D eigenvalue weighted by atomic mass is 9.93. The molecule has 5 nitrogen and oxygen atoms in total. The molecule has 0 atom stereocenters. The van der Waals surface area contributed by atoms with Crippen LogP contribution in [0.5, 0.6) is 0 Å². The largest absolute Gasteiger partial charge is 0.307 e. The van der Waals surface area contributed by atoms with Crippen molar-refractivity contribution in [2.75, 3.05) is 0 Å². The Morgan fingerprint density at radius 1 is 0.392 bits per heavy atom. The molecule has 0 saturated carbocycles. The number of fused-ring (bicyclic) bond motifs is 5. The van der Waals surface area contributed by atoms with Crippen LogP contribution in [0.1, 0.15) is 0 Å². The van der Waals surface area contributed by atoms with Crippen molar-refractivity contribution < 1.29 is 0 Å². The zero-order valence-corrected chi connectivity index (χ0v) is 27.5. The summed E-state index contributed by atoms with van der Waals surface area (Å²) < 4.78 is 2.36. The first-order valence-electron chi connectivity index (χ1n) is 17.1. The van der Waals surface area contributed by atoms with Crippen molar-refractivity contribution in [3.8, 4) is 84.6 Å². The Morgan fingerprint density at radius 2 is 0.902 bits per heavy atom. The summed E-state index contributed by atoms with van der Waals surface area (Å²) in [7, 11) is 0. The van der Waals surface area contributed by atoms with Gasteiger partial charge in [0.2, 0.25) is 0 Å². The van der Waals surface area contributed by atoms with Gasteiger partial charge >= 0.3 is 0 Å². The molecule has 3 heterocycles. The molecule has 10 rings (SSSR count). The van der Waals surface area contributed by atoms with Gasteiger partial charge in [0.15, 0.2) is 17.5 Å². The Kier molecular flexibility index (Phi) is 6.74. The molecular weight excluding hydrogens is 623 g/mol. The summed E-state index contributed by atoms with van der Waals surface area (Å²) in [5, 5.41) is 1.21. The van der Waals surface area contributed by atoms with Crippen LogP contribution < -0.4 is 0 Å². The summed E-state index contributed by atoms with van der Waals surface area (Å²) in [4.78, 5) is 20.0. The fourth-order valence-corrected chi connectivity index (χ4v) is 7.45. The summed E-state index contributed by atoms with van der Waals surface area (Å²) in [5.74, 6) is 1.88. The van der Waals surface area contributed by atoms with Gasteiger partial charge in [-0.1, -0.05) is 140 Å². The van der Waals surface area contributed by atoms with Gasteiger partial charge < -0.3 is 4.57 Å². The first kappa shape index (κ1) is 29.0. The SMILES string of the molecule is c1ccc(-c2nc(-c3ccccc3)nc(-c3cccc(-n4c(-c5ccccn5)c5c6c(cccc64)-c4ccccc4-c4ccccc4-5)c3)n2)cc1. The van der Waals surface area contributed by atoms with Gasteiger partial charge in [-0.2, -0.15) is 0 Å². The molecule has 0 N–H and O–H groups in total. The minimum atomic E-state index is 0.613. The molecule has 0 bridgehead atoms. The van der Waals surface area contributed by atoms with Crippen molar-refractivity contribution in [3.05, 3.63) is 176 Å². The van der Waals surface area contributed by atoms with E-state index in [9.17, 15) is 0 Å². The molecule has 0 aliphatic heterocycles.